The van der Waals surface area contributed by atoms with Crippen LogP contribution in [-0.2, 0) is 13.2 Å². The van der Waals surface area contributed by atoms with Crippen molar-refractivity contribution in [2.24, 2.45) is 7.05 Å². The summed E-state index contributed by atoms with van der Waals surface area (Å²) in [5.74, 6) is -0.989. The number of carbonyl (C=O) groups excluding carboxylic acids is 2. The Morgan fingerprint density at radius 3 is 2.44 bits per heavy atom. The minimum Gasteiger partial charge on any atom is -0.311 e. The highest BCUT2D eigenvalue weighted by Gasteiger charge is 2.31. The minimum atomic E-state index is -4.62. The minimum absolute atomic E-state index is 0.238. The van der Waals surface area contributed by atoms with E-state index in [1.807, 2.05) is 25.2 Å². The molecule has 4 rings (SSSR count). The number of fused-ring (bicyclic) bond motifs is 1. The number of alkyl halides is 3. The third kappa shape index (κ3) is 4.97. The summed E-state index contributed by atoms with van der Waals surface area (Å²) >= 11 is 0. The van der Waals surface area contributed by atoms with E-state index in [0.29, 0.717) is 17.2 Å². The van der Waals surface area contributed by atoms with Crippen LogP contribution in [0.3, 0.4) is 0 Å². The predicted molar refractivity (Wildman–Crippen MR) is 130 cm³/mol. The van der Waals surface area contributed by atoms with Gasteiger partial charge in [0.2, 0.25) is 0 Å². The number of carbonyl (C=O) groups is 2. The third-order valence-electron chi connectivity index (χ3n) is 5.71. The molecule has 2 heterocycles. The number of nitrogens with zero attached hydrogens (tertiary/aromatic N) is 2. The number of pyridine rings is 2. The fraction of sp³-hybridized carbons (Fsp3) is 0.154. The third-order valence-corrected chi connectivity index (χ3v) is 5.71. The van der Waals surface area contributed by atoms with Gasteiger partial charge in [0.15, 0.2) is 0 Å². The molecule has 7 nitrogen and oxygen atoms in total. The number of benzene rings is 2. The lowest BCUT2D eigenvalue weighted by atomic mass is 9.99. The molecule has 184 valence electrons. The van der Waals surface area contributed by atoms with Crippen LogP contribution in [0.15, 0.2) is 65.6 Å². The zero-order valence-electron chi connectivity index (χ0n) is 19.5. The van der Waals surface area contributed by atoms with Crippen molar-refractivity contribution in [3.05, 3.63) is 93.5 Å². The maximum atomic E-state index is 13.1. The van der Waals surface area contributed by atoms with Crippen molar-refractivity contribution in [2.75, 3.05) is 5.32 Å². The van der Waals surface area contributed by atoms with E-state index in [1.165, 1.54) is 10.6 Å². The number of nitrogens with one attached hydrogen (secondary N) is 2. The Balaban J connectivity index is 1.59. The second kappa shape index (κ2) is 9.29. The molecule has 0 fully saturated rings. The van der Waals surface area contributed by atoms with Gasteiger partial charge in [-0.1, -0.05) is 12.1 Å². The first-order valence-electron chi connectivity index (χ1n) is 10.8. The van der Waals surface area contributed by atoms with Crippen LogP contribution in [0.4, 0.5) is 23.7 Å². The summed E-state index contributed by atoms with van der Waals surface area (Å²) in [6.07, 6.45) is -2.94. The first-order valence-corrected chi connectivity index (χ1v) is 10.8. The molecule has 0 unspecified atom stereocenters. The molecule has 0 saturated carbocycles. The summed E-state index contributed by atoms with van der Waals surface area (Å²) in [7, 11) is 1.66. The Kier molecular flexibility index (Phi) is 6.36. The van der Waals surface area contributed by atoms with Crippen LogP contribution in [0.5, 0.6) is 0 Å². The molecule has 36 heavy (non-hydrogen) atoms. The van der Waals surface area contributed by atoms with Gasteiger partial charge in [0.1, 0.15) is 0 Å². The van der Waals surface area contributed by atoms with Crippen molar-refractivity contribution in [1.29, 1.82) is 0 Å². The van der Waals surface area contributed by atoms with Crippen molar-refractivity contribution < 1.29 is 22.8 Å². The molecule has 2 aromatic carbocycles. The first-order chi connectivity index (χ1) is 16.9. The van der Waals surface area contributed by atoms with E-state index in [1.54, 1.807) is 37.5 Å². The number of imide groups is 1. The van der Waals surface area contributed by atoms with E-state index in [-0.39, 0.29) is 16.8 Å². The zero-order chi connectivity index (χ0) is 26.2. The van der Waals surface area contributed by atoms with Crippen LogP contribution in [0.25, 0.3) is 22.0 Å². The number of amides is 3. The summed E-state index contributed by atoms with van der Waals surface area (Å²) < 4.78 is 40.3. The van der Waals surface area contributed by atoms with Gasteiger partial charge in [0.05, 0.1) is 11.1 Å². The summed E-state index contributed by atoms with van der Waals surface area (Å²) in [5, 5.41) is 5.27. The Hall–Kier alpha value is -4.47. The molecule has 3 amide bonds. The lowest BCUT2D eigenvalue weighted by molar-refractivity contribution is -0.137. The highest BCUT2D eigenvalue weighted by Crippen LogP contribution is 2.30. The second-order valence-electron chi connectivity index (χ2n) is 8.32. The van der Waals surface area contributed by atoms with Gasteiger partial charge in [-0.15, -0.1) is 0 Å². The smallest absolute Gasteiger partial charge is 0.311 e. The molecule has 2 aromatic heterocycles. The van der Waals surface area contributed by atoms with Gasteiger partial charge in [-0.2, -0.15) is 13.2 Å². The average molecular weight is 494 g/mol. The molecule has 0 radical (unpaired) electrons. The van der Waals surface area contributed by atoms with Crippen molar-refractivity contribution in [1.82, 2.24) is 14.9 Å². The first kappa shape index (κ1) is 24.6. The Morgan fingerprint density at radius 2 is 1.72 bits per heavy atom. The molecule has 0 spiro atoms. The number of hydrogen-bond donors (Lipinski definition) is 2. The van der Waals surface area contributed by atoms with E-state index >= 15 is 0 Å². The van der Waals surface area contributed by atoms with Crippen LogP contribution >= 0.6 is 0 Å². The summed E-state index contributed by atoms with van der Waals surface area (Å²) in [6.45, 7) is 3.65. The lowest BCUT2D eigenvalue weighted by Crippen LogP contribution is -2.34. The van der Waals surface area contributed by atoms with Crippen LogP contribution in [-0.4, -0.2) is 21.5 Å². The number of hydrogen-bond acceptors (Lipinski definition) is 4. The van der Waals surface area contributed by atoms with E-state index < -0.39 is 23.7 Å². The maximum absolute atomic E-state index is 13.1. The molecule has 0 aliphatic rings. The van der Waals surface area contributed by atoms with Gasteiger partial charge in [-0.3, -0.25) is 19.9 Å². The summed E-state index contributed by atoms with van der Waals surface area (Å²) in [4.78, 5) is 42.1. The van der Waals surface area contributed by atoms with Gasteiger partial charge < -0.3 is 9.88 Å². The average Bonchev–Trinajstić information content (AvgIpc) is 2.82. The lowest BCUT2D eigenvalue weighted by Gasteiger charge is -2.13. The van der Waals surface area contributed by atoms with Gasteiger partial charge in [0, 0.05) is 41.1 Å². The Labute approximate surface area is 203 Å². The molecule has 10 heteroatoms. The summed E-state index contributed by atoms with van der Waals surface area (Å²) in [5.41, 5.74) is 1.99. The molecule has 0 aliphatic heterocycles. The zero-order valence-corrected chi connectivity index (χ0v) is 19.5. The largest absolute Gasteiger partial charge is 0.416 e. The van der Waals surface area contributed by atoms with Gasteiger partial charge in [-0.25, -0.2) is 4.79 Å². The van der Waals surface area contributed by atoms with Crippen LogP contribution in [0, 0.1) is 13.8 Å². The number of urea groups is 1. The molecular formula is C26H21F3N4O3. The highest BCUT2D eigenvalue weighted by atomic mass is 19.4. The van der Waals surface area contributed by atoms with Crippen LogP contribution in [0.1, 0.15) is 27.2 Å². The molecule has 0 saturated heterocycles. The van der Waals surface area contributed by atoms with Gasteiger partial charge in [-0.05, 0) is 67.4 Å². The van der Waals surface area contributed by atoms with E-state index in [4.69, 9.17) is 0 Å². The maximum Gasteiger partial charge on any atom is 0.416 e. The van der Waals surface area contributed by atoms with Crippen molar-refractivity contribution in [3.63, 3.8) is 0 Å². The quantitative estimate of drug-likeness (QED) is 0.410. The van der Waals surface area contributed by atoms with Crippen molar-refractivity contribution in [2.45, 2.75) is 20.0 Å². The second-order valence-corrected chi connectivity index (χ2v) is 8.32. The van der Waals surface area contributed by atoms with Gasteiger partial charge in [0.25, 0.3) is 11.5 Å². The number of halogens is 3. The fourth-order valence-corrected chi connectivity index (χ4v) is 3.82. The fourth-order valence-electron chi connectivity index (χ4n) is 3.82. The molecule has 2 N–H and O–H groups in total. The molecule has 4 aromatic rings. The topological polar surface area (TPSA) is 93.1 Å². The van der Waals surface area contributed by atoms with Crippen molar-refractivity contribution >= 4 is 28.5 Å². The monoisotopic (exact) mass is 494 g/mol. The van der Waals surface area contributed by atoms with Gasteiger partial charge >= 0.3 is 12.2 Å². The number of anilines is 1. The van der Waals surface area contributed by atoms with E-state index in [9.17, 15) is 27.6 Å². The predicted octanol–water partition coefficient (Wildman–Crippen LogP) is 5.20. The summed E-state index contributed by atoms with van der Waals surface area (Å²) in [6, 6.07) is 11.3. The Morgan fingerprint density at radius 1 is 0.972 bits per heavy atom. The number of aryl methyl sites for hydroxylation is 3. The molecule has 0 bridgehead atoms. The number of rotatable bonds is 3. The molecule has 0 atom stereocenters. The number of aromatic nitrogens is 2. The SMILES string of the molecule is Cc1cc2c(cn1)cc(-c1cc(NC(=O)NC(=O)c3cccc(C(F)(F)F)c3)ccc1C)c(=O)n2C. The van der Waals surface area contributed by atoms with Crippen LogP contribution in [0.2, 0.25) is 0 Å². The van der Waals surface area contributed by atoms with E-state index in [0.717, 1.165) is 34.3 Å². The molecule has 0 aliphatic carbocycles. The standard InChI is InChI=1S/C26H21F3N4O3/c1-14-7-8-19(31-25(36)32-23(34)16-5-4-6-18(10-16)26(27,28)29)12-20(14)21-11-17-13-30-15(2)9-22(17)33(3)24(21)35/h4-13H,1-3H3,(H2,31,32,34,36). The molecular weight excluding hydrogens is 473 g/mol. The Bertz CT molecular complexity index is 1580. The van der Waals surface area contributed by atoms with Crippen molar-refractivity contribution in [3.8, 4) is 11.1 Å². The van der Waals surface area contributed by atoms with Crippen LogP contribution < -0.4 is 16.2 Å². The highest BCUT2D eigenvalue weighted by molar-refractivity contribution is 6.08. The van der Waals surface area contributed by atoms with E-state index in [2.05, 4.69) is 10.3 Å². The normalized spacial score (nSPS) is 11.4.